The number of thiazole rings is 1. The fourth-order valence-corrected chi connectivity index (χ4v) is 2.75. The summed E-state index contributed by atoms with van der Waals surface area (Å²) in [7, 11) is 1.93. The van der Waals surface area contributed by atoms with Crippen molar-refractivity contribution < 1.29 is 0 Å². The normalized spacial score (nSPS) is 17.6. The van der Waals surface area contributed by atoms with Crippen LogP contribution >= 0.6 is 11.3 Å². The Balaban J connectivity index is 1.90. The van der Waals surface area contributed by atoms with Crippen molar-refractivity contribution in [3.63, 3.8) is 0 Å². The zero-order chi connectivity index (χ0) is 11.1. The molecular weight excluding hydrogens is 220 g/mol. The first kappa shape index (κ1) is 9.99. The Morgan fingerprint density at radius 2 is 2.38 bits per heavy atom. The molecule has 1 aliphatic carbocycles. The Morgan fingerprint density at radius 1 is 1.56 bits per heavy atom. The van der Waals surface area contributed by atoms with Crippen LogP contribution in [0.5, 0.6) is 0 Å². The van der Waals surface area contributed by atoms with Crippen molar-refractivity contribution in [2.75, 3.05) is 0 Å². The fraction of sp³-hybridized carbons (Fsp3) is 0.455. The Bertz CT molecular complexity index is 498. The average molecular weight is 234 g/mol. The van der Waals surface area contributed by atoms with Gasteiger partial charge in [-0.2, -0.15) is 5.10 Å². The molecule has 0 saturated heterocycles. The van der Waals surface area contributed by atoms with Crippen LogP contribution in [0.4, 0.5) is 0 Å². The monoisotopic (exact) mass is 234 g/mol. The van der Waals surface area contributed by atoms with Crippen molar-refractivity contribution in [3.8, 4) is 11.4 Å². The molecule has 0 amide bonds. The van der Waals surface area contributed by atoms with Gasteiger partial charge in [0.15, 0.2) is 0 Å². The third-order valence-electron chi connectivity index (χ3n) is 3.02. The van der Waals surface area contributed by atoms with Gasteiger partial charge in [0.05, 0.1) is 17.4 Å². The minimum absolute atomic E-state index is 0.131. The molecule has 0 aromatic carbocycles. The minimum atomic E-state index is 0.131. The Hall–Kier alpha value is -1.20. The van der Waals surface area contributed by atoms with E-state index in [9.17, 15) is 0 Å². The molecule has 1 fully saturated rings. The largest absolute Gasteiger partial charge is 0.322 e. The molecule has 3 rings (SSSR count). The molecule has 84 valence electrons. The predicted octanol–water partition coefficient (Wildman–Crippen LogP) is 1.95. The van der Waals surface area contributed by atoms with Crippen LogP contribution in [0.2, 0.25) is 0 Å². The van der Waals surface area contributed by atoms with Crippen LogP contribution < -0.4 is 5.73 Å². The zero-order valence-electron chi connectivity index (χ0n) is 9.13. The lowest BCUT2D eigenvalue weighted by molar-refractivity contribution is 0.629. The van der Waals surface area contributed by atoms with E-state index in [0.717, 1.165) is 16.4 Å². The molecule has 1 aliphatic rings. The van der Waals surface area contributed by atoms with Crippen molar-refractivity contribution in [1.29, 1.82) is 0 Å². The minimum Gasteiger partial charge on any atom is -0.322 e. The molecular formula is C11H14N4S. The number of hydrogen-bond acceptors (Lipinski definition) is 4. The Kier molecular flexibility index (Phi) is 2.29. The van der Waals surface area contributed by atoms with Crippen LogP contribution in [-0.4, -0.2) is 14.8 Å². The van der Waals surface area contributed by atoms with E-state index in [1.54, 1.807) is 17.5 Å². The highest BCUT2D eigenvalue weighted by atomic mass is 32.1. The van der Waals surface area contributed by atoms with Gasteiger partial charge in [0, 0.05) is 18.6 Å². The number of rotatable bonds is 3. The van der Waals surface area contributed by atoms with Crippen LogP contribution in [0.1, 0.15) is 23.9 Å². The molecule has 0 radical (unpaired) electrons. The second-order valence-electron chi connectivity index (χ2n) is 4.27. The van der Waals surface area contributed by atoms with Crippen LogP contribution in [-0.2, 0) is 7.05 Å². The molecule has 0 aliphatic heterocycles. The lowest BCUT2D eigenvalue weighted by Gasteiger charge is -2.04. The Labute approximate surface area is 98.1 Å². The third-order valence-corrected chi connectivity index (χ3v) is 3.97. The van der Waals surface area contributed by atoms with E-state index >= 15 is 0 Å². The average Bonchev–Trinajstić information content (AvgIpc) is 2.86. The van der Waals surface area contributed by atoms with Crippen molar-refractivity contribution in [1.82, 2.24) is 14.8 Å². The summed E-state index contributed by atoms with van der Waals surface area (Å²) in [5.41, 5.74) is 8.16. The first-order chi connectivity index (χ1) is 7.75. The van der Waals surface area contributed by atoms with Crippen molar-refractivity contribution in [3.05, 3.63) is 22.7 Å². The highest BCUT2D eigenvalue weighted by Gasteiger charge is 2.31. The van der Waals surface area contributed by atoms with Gasteiger partial charge in [0.25, 0.3) is 0 Å². The molecule has 0 spiro atoms. The van der Waals surface area contributed by atoms with Crippen molar-refractivity contribution in [2.24, 2.45) is 18.7 Å². The van der Waals surface area contributed by atoms with Gasteiger partial charge >= 0.3 is 0 Å². The number of aromatic nitrogens is 3. The van der Waals surface area contributed by atoms with Gasteiger partial charge in [-0.15, -0.1) is 11.3 Å². The second-order valence-corrected chi connectivity index (χ2v) is 5.16. The van der Waals surface area contributed by atoms with Gasteiger partial charge in [-0.05, 0) is 24.8 Å². The van der Waals surface area contributed by atoms with Crippen LogP contribution in [0, 0.1) is 5.92 Å². The highest BCUT2D eigenvalue weighted by molar-refractivity contribution is 7.10. The lowest BCUT2D eigenvalue weighted by Crippen LogP contribution is -2.11. The summed E-state index contributed by atoms with van der Waals surface area (Å²) in [6, 6.07) is 2.11. The highest BCUT2D eigenvalue weighted by Crippen LogP contribution is 2.40. The SMILES string of the molecule is Cn1nccc1-c1csc(C(N)C2CC2)n1. The quantitative estimate of drug-likeness (QED) is 0.883. The Morgan fingerprint density at radius 3 is 3.00 bits per heavy atom. The summed E-state index contributed by atoms with van der Waals surface area (Å²) in [4.78, 5) is 4.61. The van der Waals surface area contributed by atoms with Crippen LogP contribution in [0.3, 0.4) is 0 Å². The number of aryl methyl sites for hydroxylation is 1. The standard InChI is InChI=1S/C11H14N4S/c1-15-9(4-5-13-15)8-6-16-11(14-8)10(12)7-2-3-7/h4-7,10H,2-3,12H2,1H3. The first-order valence-corrected chi connectivity index (χ1v) is 6.33. The molecule has 16 heavy (non-hydrogen) atoms. The molecule has 2 aromatic rings. The summed E-state index contributed by atoms with van der Waals surface area (Å²) in [6.45, 7) is 0. The number of hydrogen-bond donors (Lipinski definition) is 1. The molecule has 5 heteroatoms. The van der Waals surface area contributed by atoms with Gasteiger partial charge in [0.2, 0.25) is 0 Å². The number of nitrogens with zero attached hydrogens (tertiary/aromatic N) is 3. The van der Waals surface area contributed by atoms with E-state index in [4.69, 9.17) is 5.73 Å². The van der Waals surface area contributed by atoms with Gasteiger partial charge in [-0.3, -0.25) is 4.68 Å². The van der Waals surface area contributed by atoms with E-state index in [1.807, 2.05) is 17.8 Å². The number of nitrogens with two attached hydrogens (primary N) is 1. The van der Waals surface area contributed by atoms with Crippen LogP contribution in [0.25, 0.3) is 11.4 Å². The maximum Gasteiger partial charge on any atom is 0.110 e. The van der Waals surface area contributed by atoms with Gasteiger partial charge < -0.3 is 5.73 Å². The molecule has 4 nitrogen and oxygen atoms in total. The summed E-state index contributed by atoms with van der Waals surface area (Å²) in [6.07, 6.45) is 4.29. The molecule has 2 heterocycles. The maximum atomic E-state index is 6.13. The summed E-state index contributed by atoms with van der Waals surface area (Å²) < 4.78 is 1.83. The molecule has 0 bridgehead atoms. The topological polar surface area (TPSA) is 56.7 Å². The van der Waals surface area contributed by atoms with Crippen molar-refractivity contribution in [2.45, 2.75) is 18.9 Å². The van der Waals surface area contributed by atoms with Gasteiger partial charge in [-0.1, -0.05) is 0 Å². The summed E-state index contributed by atoms with van der Waals surface area (Å²) >= 11 is 1.66. The molecule has 1 unspecified atom stereocenters. The predicted molar refractivity (Wildman–Crippen MR) is 64.0 cm³/mol. The summed E-state index contributed by atoms with van der Waals surface area (Å²) in [5, 5.41) is 7.26. The van der Waals surface area contributed by atoms with Gasteiger partial charge in [-0.25, -0.2) is 4.98 Å². The summed E-state index contributed by atoms with van der Waals surface area (Å²) in [5.74, 6) is 0.658. The third kappa shape index (κ3) is 1.66. The second kappa shape index (κ2) is 3.68. The smallest absolute Gasteiger partial charge is 0.110 e. The van der Waals surface area contributed by atoms with Crippen LogP contribution in [0.15, 0.2) is 17.6 Å². The van der Waals surface area contributed by atoms with E-state index in [0.29, 0.717) is 5.92 Å². The lowest BCUT2D eigenvalue weighted by atomic mass is 10.2. The first-order valence-electron chi connectivity index (χ1n) is 5.45. The molecule has 2 aromatic heterocycles. The molecule has 1 atom stereocenters. The molecule has 2 N–H and O–H groups in total. The van der Waals surface area contributed by atoms with E-state index in [-0.39, 0.29) is 6.04 Å². The van der Waals surface area contributed by atoms with Gasteiger partial charge in [0.1, 0.15) is 5.01 Å². The van der Waals surface area contributed by atoms with E-state index < -0.39 is 0 Å². The fourth-order valence-electron chi connectivity index (χ4n) is 1.84. The maximum absolute atomic E-state index is 6.13. The van der Waals surface area contributed by atoms with E-state index in [1.165, 1.54) is 12.8 Å². The zero-order valence-corrected chi connectivity index (χ0v) is 9.94. The van der Waals surface area contributed by atoms with Crippen molar-refractivity contribution >= 4 is 11.3 Å². The molecule has 1 saturated carbocycles. The van der Waals surface area contributed by atoms with E-state index in [2.05, 4.69) is 15.5 Å².